The van der Waals surface area contributed by atoms with E-state index in [0.29, 0.717) is 36.6 Å². The van der Waals surface area contributed by atoms with Crippen molar-refractivity contribution in [3.8, 4) is 0 Å². The van der Waals surface area contributed by atoms with E-state index < -0.39 is 0 Å². The quantitative estimate of drug-likeness (QED) is 0.621. The SMILES string of the molecule is CCC(CC)NCC(C(=O)N1CCN(c2ncnc3c2[C@H](C)CC3)CC1)c1ccc(Cl)cc1. The maximum atomic E-state index is 13.7. The standard InChI is InChI=1S/C26H36ClN5O/c1-4-21(5-2)28-16-22(19-7-9-20(27)10-8-19)26(33)32-14-12-31(13-15-32)25-24-18(3)6-11-23(24)29-17-30-25/h7-10,17-18,21-22,28H,4-6,11-16H2,1-3H3/t18-,22?/m1/s1. The molecule has 0 spiro atoms. The Morgan fingerprint density at radius 1 is 1.12 bits per heavy atom. The van der Waals surface area contributed by atoms with Crippen molar-refractivity contribution in [2.45, 2.75) is 64.3 Å². The van der Waals surface area contributed by atoms with Crippen LogP contribution in [0, 0.1) is 0 Å². The molecule has 2 aliphatic rings. The highest BCUT2D eigenvalue weighted by Crippen LogP contribution is 2.37. The van der Waals surface area contributed by atoms with Crippen LogP contribution in [-0.2, 0) is 11.2 Å². The van der Waals surface area contributed by atoms with Gasteiger partial charge in [0.1, 0.15) is 12.1 Å². The summed E-state index contributed by atoms with van der Waals surface area (Å²) < 4.78 is 0. The van der Waals surface area contributed by atoms with Crippen LogP contribution < -0.4 is 10.2 Å². The zero-order valence-electron chi connectivity index (χ0n) is 20.1. The first-order valence-electron chi connectivity index (χ1n) is 12.4. The number of halogens is 1. The molecule has 1 aromatic carbocycles. The number of piperazine rings is 1. The van der Waals surface area contributed by atoms with E-state index in [1.807, 2.05) is 29.2 Å². The molecule has 0 radical (unpaired) electrons. The second-order valence-corrected chi connectivity index (χ2v) is 9.77. The number of hydrogen-bond donors (Lipinski definition) is 1. The second kappa shape index (κ2) is 10.8. The van der Waals surface area contributed by atoms with Crippen LogP contribution in [0.1, 0.15) is 68.7 Å². The predicted octanol–water partition coefficient (Wildman–Crippen LogP) is 4.39. The Labute approximate surface area is 202 Å². The Hall–Kier alpha value is -2.18. The number of carbonyl (C=O) groups is 1. The Bertz CT molecular complexity index is 938. The van der Waals surface area contributed by atoms with Gasteiger partial charge in [0.25, 0.3) is 0 Å². The smallest absolute Gasteiger partial charge is 0.231 e. The highest BCUT2D eigenvalue weighted by Gasteiger charge is 2.32. The van der Waals surface area contributed by atoms with E-state index in [4.69, 9.17) is 11.6 Å². The van der Waals surface area contributed by atoms with Gasteiger partial charge in [0, 0.05) is 55.0 Å². The van der Waals surface area contributed by atoms with Crippen LogP contribution in [0.3, 0.4) is 0 Å². The number of nitrogens with zero attached hydrogens (tertiary/aromatic N) is 4. The number of anilines is 1. The van der Waals surface area contributed by atoms with Gasteiger partial charge in [0.2, 0.25) is 5.91 Å². The Balaban J connectivity index is 1.46. The lowest BCUT2D eigenvalue weighted by atomic mass is 9.96. The van der Waals surface area contributed by atoms with Gasteiger partial charge in [-0.2, -0.15) is 0 Å². The number of benzene rings is 1. The van der Waals surface area contributed by atoms with Gasteiger partial charge in [-0.25, -0.2) is 9.97 Å². The maximum absolute atomic E-state index is 13.7. The Morgan fingerprint density at radius 2 is 1.82 bits per heavy atom. The molecule has 1 aromatic heterocycles. The number of hydrogen-bond acceptors (Lipinski definition) is 5. The van der Waals surface area contributed by atoms with Gasteiger partial charge >= 0.3 is 0 Å². The van der Waals surface area contributed by atoms with Crippen molar-refractivity contribution in [3.63, 3.8) is 0 Å². The van der Waals surface area contributed by atoms with E-state index in [1.165, 1.54) is 11.3 Å². The zero-order chi connectivity index (χ0) is 23.4. The van der Waals surface area contributed by atoms with E-state index in [9.17, 15) is 4.79 Å². The largest absolute Gasteiger partial charge is 0.353 e. The molecule has 1 fully saturated rings. The van der Waals surface area contributed by atoms with Gasteiger partial charge < -0.3 is 15.1 Å². The molecule has 6 nitrogen and oxygen atoms in total. The second-order valence-electron chi connectivity index (χ2n) is 9.34. The van der Waals surface area contributed by atoms with Crippen molar-refractivity contribution in [2.75, 3.05) is 37.6 Å². The number of aryl methyl sites for hydroxylation is 1. The number of fused-ring (bicyclic) bond motifs is 1. The molecule has 1 aliphatic carbocycles. The molecule has 2 aromatic rings. The van der Waals surface area contributed by atoms with Crippen LogP contribution in [0.2, 0.25) is 5.02 Å². The average molecular weight is 470 g/mol. The normalized spacial score (nSPS) is 19.1. The molecule has 178 valence electrons. The fourth-order valence-corrected chi connectivity index (χ4v) is 5.26. The van der Waals surface area contributed by atoms with Crippen LogP contribution in [0.25, 0.3) is 0 Å². The number of amides is 1. The number of rotatable bonds is 8. The molecule has 33 heavy (non-hydrogen) atoms. The van der Waals surface area contributed by atoms with Gasteiger partial charge in [-0.15, -0.1) is 0 Å². The van der Waals surface area contributed by atoms with E-state index >= 15 is 0 Å². The topological polar surface area (TPSA) is 61.4 Å². The maximum Gasteiger partial charge on any atom is 0.231 e. The van der Waals surface area contributed by atoms with Crippen LogP contribution in [-0.4, -0.2) is 59.5 Å². The van der Waals surface area contributed by atoms with Crippen molar-refractivity contribution in [2.24, 2.45) is 0 Å². The molecule has 1 unspecified atom stereocenters. The highest BCUT2D eigenvalue weighted by molar-refractivity contribution is 6.30. The van der Waals surface area contributed by atoms with Crippen LogP contribution in [0.4, 0.5) is 5.82 Å². The highest BCUT2D eigenvalue weighted by atomic mass is 35.5. The number of carbonyl (C=O) groups excluding carboxylic acids is 1. The summed E-state index contributed by atoms with van der Waals surface area (Å²) in [5.41, 5.74) is 3.53. The molecule has 1 saturated heterocycles. The van der Waals surface area contributed by atoms with Crippen LogP contribution in [0.5, 0.6) is 0 Å². The third kappa shape index (κ3) is 5.33. The predicted molar refractivity (Wildman–Crippen MR) is 134 cm³/mol. The van der Waals surface area contributed by atoms with Crippen molar-refractivity contribution in [1.29, 1.82) is 0 Å². The summed E-state index contributed by atoms with van der Waals surface area (Å²) in [6.07, 6.45) is 5.99. The average Bonchev–Trinajstić information content (AvgIpc) is 3.23. The first-order chi connectivity index (χ1) is 16.0. The molecule has 1 amide bonds. The lowest BCUT2D eigenvalue weighted by molar-refractivity contribution is -0.133. The fraction of sp³-hybridized carbons (Fsp3) is 0.577. The van der Waals surface area contributed by atoms with E-state index in [0.717, 1.165) is 50.2 Å². The van der Waals surface area contributed by atoms with Gasteiger partial charge in [-0.05, 0) is 49.3 Å². The van der Waals surface area contributed by atoms with Crippen molar-refractivity contribution in [1.82, 2.24) is 20.2 Å². The Morgan fingerprint density at radius 3 is 2.48 bits per heavy atom. The molecule has 7 heteroatoms. The van der Waals surface area contributed by atoms with Gasteiger partial charge in [0.05, 0.1) is 5.92 Å². The fourth-order valence-electron chi connectivity index (χ4n) is 5.14. The third-order valence-corrected chi connectivity index (χ3v) is 7.56. The lowest BCUT2D eigenvalue weighted by Crippen LogP contribution is -2.51. The van der Waals surface area contributed by atoms with Gasteiger partial charge in [-0.1, -0.05) is 44.5 Å². The van der Waals surface area contributed by atoms with Gasteiger partial charge in [-0.3, -0.25) is 4.79 Å². The first kappa shape index (κ1) is 24.0. The van der Waals surface area contributed by atoms with Crippen molar-refractivity contribution < 1.29 is 4.79 Å². The molecular formula is C26H36ClN5O. The van der Waals surface area contributed by atoms with E-state index in [2.05, 4.69) is 41.0 Å². The minimum Gasteiger partial charge on any atom is -0.353 e. The molecule has 4 rings (SSSR count). The third-order valence-electron chi connectivity index (χ3n) is 7.31. The van der Waals surface area contributed by atoms with E-state index in [1.54, 1.807) is 6.33 Å². The number of nitrogens with one attached hydrogen (secondary N) is 1. The molecule has 0 bridgehead atoms. The molecule has 0 saturated carbocycles. The summed E-state index contributed by atoms with van der Waals surface area (Å²) in [6.45, 7) is 10.3. The Kier molecular flexibility index (Phi) is 7.86. The summed E-state index contributed by atoms with van der Waals surface area (Å²) in [5.74, 6) is 1.55. The molecule has 1 aliphatic heterocycles. The molecule has 1 N–H and O–H groups in total. The van der Waals surface area contributed by atoms with E-state index in [-0.39, 0.29) is 11.8 Å². The lowest BCUT2D eigenvalue weighted by Gasteiger charge is -2.38. The zero-order valence-corrected chi connectivity index (χ0v) is 20.8. The minimum absolute atomic E-state index is 0.191. The van der Waals surface area contributed by atoms with Crippen molar-refractivity contribution in [3.05, 3.63) is 52.4 Å². The first-order valence-corrected chi connectivity index (χ1v) is 12.8. The minimum atomic E-state index is -0.210. The molecule has 2 atom stereocenters. The molecular weight excluding hydrogens is 434 g/mol. The number of aromatic nitrogens is 2. The summed E-state index contributed by atoms with van der Waals surface area (Å²) in [5, 5.41) is 4.30. The monoisotopic (exact) mass is 469 g/mol. The molecule has 2 heterocycles. The summed E-state index contributed by atoms with van der Waals surface area (Å²) in [7, 11) is 0. The van der Waals surface area contributed by atoms with Gasteiger partial charge in [0.15, 0.2) is 0 Å². The summed E-state index contributed by atoms with van der Waals surface area (Å²) in [4.78, 5) is 27.2. The summed E-state index contributed by atoms with van der Waals surface area (Å²) >= 11 is 6.11. The van der Waals surface area contributed by atoms with Crippen LogP contribution >= 0.6 is 11.6 Å². The van der Waals surface area contributed by atoms with Crippen molar-refractivity contribution >= 4 is 23.3 Å². The summed E-state index contributed by atoms with van der Waals surface area (Å²) in [6, 6.07) is 8.15. The van der Waals surface area contributed by atoms with Crippen LogP contribution in [0.15, 0.2) is 30.6 Å².